The lowest BCUT2D eigenvalue weighted by Crippen LogP contribution is -2.40. The molecule has 1 aromatic carbocycles. The van der Waals surface area contributed by atoms with Crippen molar-refractivity contribution in [2.75, 3.05) is 27.3 Å². The van der Waals surface area contributed by atoms with Gasteiger partial charge in [0.2, 0.25) is 0 Å². The van der Waals surface area contributed by atoms with E-state index in [1.54, 1.807) is 19.1 Å². The van der Waals surface area contributed by atoms with Crippen LogP contribution in [0.4, 0.5) is 4.79 Å². The molecule has 1 heterocycles. The van der Waals surface area contributed by atoms with Crippen molar-refractivity contribution in [3.63, 3.8) is 0 Å². The molecule has 1 N–H and O–H groups in total. The average molecular weight is 350 g/mol. The molecule has 0 saturated heterocycles. The van der Waals surface area contributed by atoms with Gasteiger partial charge in [0.25, 0.3) is 0 Å². The summed E-state index contributed by atoms with van der Waals surface area (Å²) in [6.45, 7) is 10.4. The molecular weight excluding hydrogens is 320 g/mol. The van der Waals surface area contributed by atoms with Crippen LogP contribution in [0.15, 0.2) is 6.07 Å². The first-order chi connectivity index (χ1) is 11.8. The topological polar surface area (TPSA) is 60.0 Å². The van der Waals surface area contributed by atoms with Crippen molar-refractivity contribution in [2.45, 2.75) is 52.8 Å². The Morgan fingerprint density at radius 1 is 1.24 bits per heavy atom. The molecule has 1 aliphatic heterocycles. The van der Waals surface area contributed by atoms with E-state index in [9.17, 15) is 4.79 Å². The molecule has 0 fully saturated rings. The van der Waals surface area contributed by atoms with Gasteiger partial charge in [-0.25, -0.2) is 4.79 Å². The third kappa shape index (κ3) is 4.57. The molecular formula is C19H30N2O4. The fourth-order valence-corrected chi connectivity index (χ4v) is 3.05. The smallest absolute Gasteiger partial charge is 0.410 e. The van der Waals surface area contributed by atoms with Gasteiger partial charge in [-0.1, -0.05) is 6.92 Å². The highest BCUT2D eigenvalue weighted by Gasteiger charge is 2.30. The molecule has 0 bridgehead atoms. The number of amides is 1. The Bertz CT molecular complexity index is 623. The minimum absolute atomic E-state index is 0.295. The van der Waals surface area contributed by atoms with Crippen molar-refractivity contribution < 1.29 is 19.0 Å². The highest BCUT2D eigenvalue weighted by atomic mass is 16.6. The molecule has 2 rings (SSSR count). The number of methoxy groups -OCH3 is 2. The first-order valence-electron chi connectivity index (χ1n) is 8.75. The summed E-state index contributed by atoms with van der Waals surface area (Å²) in [4.78, 5) is 14.1. The Morgan fingerprint density at radius 2 is 1.96 bits per heavy atom. The summed E-state index contributed by atoms with van der Waals surface area (Å²) in [7, 11) is 3.35. The lowest BCUT2D eigenvalue weighted by molar-refractivity contribution is 0.0221. The van der Waals surface area contributed by atoms with E-state index in [2.05, 4.69) is 12.2 Å². The van der Waals surface area contributed by atoms with Crippen LogP contribution in [0.3, 0.4) is 0 Å². The number of fused-ring (bicyclic) bond motifs is 1. The Balaban J connectivity index is 2.33. The zero-order valence-corrected chi connectivity index (χ0v) is 16.2. The molecule has 6 nitrogen and oxygen atoms in total. The van der Waals surface area contributed by atoms with Gasteiger partial charge in [0, 0.05) is 29.8 Å². The van der Waals surface area contributed by atoms with E-state index in [4.69, 9.17) is 14.2 Å². The third-order valence-corrected chi connectivity index (χ3v) is 4.15. The van der Waals surface area contributed by atoms with Crippen molar-refractivity contribution >= 4 is 6.09 Å². The van der Waals surface area contributed by atoms with Crippen molar-refractivity contribution in [3.05, 3.63) is 22.8 Å². The van der Waals surface area contributed by atoms with Gasteiger partial charge >= 0.3 is 6.09 Å². The van der Waals surface area contributed by atoms with Gasteiger partial charge in [-0.05, 0) is 39.8 Å². The van der Waals surface area contributed by atoms with Crippen molar-refractivity contribution in [1.82, 2.24) is 10.2 Å². The predicted octanol–water partition coefficient (Wildman–Crippen LogP) is 3.11. The van der Waals surface area contributed by atoms with Gasteiger partial charge in [-0.3, -0.25) is 0 Å². The highest BCUT2D eigenvalue weighted by Crippen LogP contribution is 2.38. The lowest BCUT2D eigenvalue weighted by atomic mass is 9.94. The molecule has 0 radical (unpaired) electrons. The summed E-state index contributed by atoms with van der Waals surface area (Å²) in [6, 6.07) is 2.00. The molecule has 0 atom stereocenters. The molecule has 0 unspecified atom stereocenters. The molecule has 0 spiro atoms. The molecule has 140 valence electrons. The maximum absolute atomic E-state index is 12.4. The fraction of sp³-hybridized carbons (Fsp3) is 0.632. The largest absolute Gasteiger partial charge is 0.496 e. The first-order valence-corrected chi connectivity index (χ1v) is 8.75. The van der Waals surface area contributed by atoms with E-state index >= 15 is 0 Å². The number of benzene rings is 1. The standard InChI is InChI=1S/C19H30N2O4/c1-7-20-11-13-10-16(23-5)15-12-21(18(22)25-19(2,3)4)9-8-14(15)17(13)24-6/h10,20H,7-9,11-12H2,1-6H3. The molecule has 0 aliphatic carbocycles. The Hall–Kier alpha value is -1.95. The van der Waals surface area contributed by atoms with Gasteiger partial charge in [-0.15, -0.1) is 0 Å². The van der Waals surface area contributed by atoms with Crippen molar-refractivity contribution in [2.24, 2.45) is 0 Å². The number of ether oxygens (including phenoxy) is 3. The van der Waals surface area contributed by atoms with Gasteiger partial charge in [0.15, 0.2) is 0 Å². The Morgan fingerprint density at radius 3 is 2.52 bits per heavy atom. The number of nitrogens with zero attached hydrogens (tertiary/aromatic N) is 1. The van der Waals surface area contributed by atoms with E-state index in [0.717, 1.165) is 41.3 Å². The summed E-state index contributed by atoms with van der Waals surface area (Å²) < 4.78 is 16.8. The number of rotatable bonds is 5. The number of hydrogen-bond donors (Lipinski definition) is 1. The van der Waals surface area contributed by atoms with Crippen LogP contribution in [0.1, 0.15) is 44.4 Å². The third-order valence-electron chi connectivity index (χ3n) is 4.15. The lowest BCUT2D eigenvalue weighted by Gasteiger charge is -2.33. The quantitative estimate of drug-likeness (QED) is 0.884. The Kier molecular flexibility index (Phi) is 6.16. The minimum Gasteiger partial charge on any atom is -0.496 e. The highest BCUT2D eigenvalue weighted by molar-refractivity contribution is 5.69. The molecule has 1 amide bonds. The average Bonchev–Trinajstić information content (AvgIpc) is 2.56. The molecule has 6 heteroatoms. The van der Waals surface area contributed by atoms with Crippen LogP contribution in [-0.2, 0) is 24.2 Å². The molecule has 25 heavy (non-hydrogen) atoms. The SMILES string of the molecule is CCNCc1cc(OC)c2c(c1OC)CCN(C(=O)OC(C)(C)C)C2. The van der Waals surface area contributed by atoms with E-state index in [1.807, 2.05) is 26.8 Å². The fourth-order valence-electron chi connectivity index (χ4n) is 3.05. The van der Waals surface area contributed by atoms with Crippen LogP contribution in [0.5, 0.6) is 11.5 Å². The van der Waals surface area contributed by atoms with Crippen LogP contribution in [0.2, 0.25) is 0 Å². The molecule has 1 aliphatic rings. The normalized spacial score (nSPS) is 14.1. The Labute approximate surface area is 150 Å². The maximum atomic E-state index is 12.4. The number of carbonyl (C=O) groups is 1. The first kappa shape index (κ1) is 19.4. The van der Waals surface area contributed by atoms with Crippen LogP contribution >= 0.6 is 0 Å². The predicted molar refractivity (Wildman–Crippen MR) is 97.3 cm³/mol. The second-order valence-electron chi connectivity index (χ2n) is 7.16. The minimum atomic E-state index is -0.505. The van der Waals surface area contributed by atoms with Crippen LogP contribution in [0, 0.1) is 0 Å². The van der Waals surface area contributed by atoms with Gasteiger partial charge in [0.05, 0.1) is 20.8 Å². The summed E-state index contributed by atoms with van der Waals surface area (Å²) in [5, 5.41) is 3.33. The molecule has 0 aromatic heterocycles. The van der Waals surface area contributed by atoms with Gasteiger partial charge in [0.1, 0.15) is 17.1 Å². The van der Waals surface area contributed by atoms with Crippen LogP contribution < -0.4 is 14.8 Å². The second kappa shape index (κ2) is 7.95. The zero-order chi connectivity index (χ0) is 18.6. The van der Waals surface area contributed by atoms with E-state index in [0.29, 0.717) is 19.5 Å². The van der Waals surface area contributed by atoms with E-state index in [-0.39, 0.29) is 6.09 Å². The maximum Gasteiger partial charge on any atom is 0.410 e. The van der Waals surface area contributed by atoms with Gasteiger partial charge < -0.3 is 24.4 Å². The second-order valence-corrected chi connectivity index (χ2v) is 7.16. The van der Waals surface area contributed by atoms with Crippen molar-refractivity contribution in [3.8, 4) is 11.5 Å². The number of carbonyl (C=O) groups excluding carboxylic acids is 1. The van der Waals surface area contributed by atoms with Gasteiger partial charge in [-0.2, -0.15) is 0 Å². The monoisotopic (exact) mass is 350 g/mol. The summed E-state index contributed by atoms with van der Waals surface area (Å²) >= 11 is 0. The number of hydrogen-bond acceptors (Lipinski definition) is 5. The molecule has 0 saturated carbocycles. The summed E-state index contributed by atoms with van der Waals surface area (Å²) in [6.07, 6.45) is 0.421. The van der Waals surface area contributed by atoms with Crippen LogP contribution in [-0.4, -0.2) is 43.9 Å². The van der Waals surface area contributed by atoms with Crippen molar-refractivity contribution in [1.29, 1.82) is 0 Å². The zero-order valence-electron chi connectivity index (χ0n) is 16.2. The van der Waals surface area contributed by atoms with E-state index in [1.165, 1.54) is 0 Å². The molecule has 1 aromatic rings. The summed E-state index contributed by atoms with van der Waals surface area (Å²) in [5.74, 6) is 1.68. The number of nitrogens with one attached hydrogen (secondary N) is 1. The summed E-state index contributed by atoms with van der Waals surface area (Å²) in [5.41, 5.74) is 2.69. The van der Waals surface area contributed by atoms with E-state index < -0.39 is 5.60 Å². The van der Waals surface area contributed by atoms with Crippen LogP contribution in [0.25, 0.3) is 0 Å².